The molecule has 1 atom stereocenters. The Balaban J connectivity index is 1.50. The minimum atomic E-state index is -0.806. The van der Waals surface area contributed by atoms with E-state index in [0.717, 1.165) is 0 Å². The van der Waals surface area contributed by atoms with Gasteiger partial charge >= 0.3 is 0 Å². The second kappa shape index (κ2) is 6.30. The van der Waals surface area contributed by atoms with Crippen molar-refractivity contribution < 1.29 is 14.3 Å². The third-order valence-corrected chi connectivity index (χ3v) is 3.30. The van der Waals surface area contributed by atoms with Crippen LogP contribution in [0.4, 0.5) is 5.69 Å². The van der Waals surface area contributed by atoms with E-state index < -0.39 is 6.10 Å². The van der Waals surface area contributed by atoms with Crippen LogP contribution in [0.3, 0.4) is 0 Å². The van der Waals surface area contributed by atoms with Gasteiger partial charge in [0.05, 0.1) is 18.7 Å². The number of carbonyl (C=O) groups excluding carboxylic acids is 2. The van der Waals surface area contributed by atoms with Gasteiger partial charge in [0.25, 0.3) is 5.91 Å². The summed E-state index contributed by atoms with van der Waals surface area (Å²) < 4.78 is 7.30. The van der Waals surface area contributed by atoms with Gasteiger partial charge in [0.1, 0.15) is 5.75 Å². The summed E-state index contributed by atoms with van der Waals surface area (Å²) in [6, 6.07) is 8.97. The number of para-hydroxylation sites is 2. The molecule has 1 unspecified atom stereocenters. The molecule has 0 aliphatic carbocycles. The number of hydrogen-bond acceptors (Lipinski definition) is 4. The fourth-order valence-corrected chi connectivity index (χ4v) is 2.21. The first kappa shape index (κ1) is 14.1. The fraction of sp³-hybridized carbons (Fsp3) is 0.267. The van der Waals surface area contributed by atoms with Gasteiger partial charge in [0.2, 0.25) is 5.91 Å². The van der Waals surface area contributed by atoms with E-state index in [9.17, 15) is 9.59 Å². The largest absolute Gasteiger partial charge is 0.478 e. The molecule has 0 fully saturated rings. The summed E-state index contributed by atoms with van der Waals surface area (Å²) in [5, 5.41) is 9.53. The molecule has 22 heavy (non-hydrogen) atoms. The Kier molecular flexibility index (Phi) is 4.04. The summed E-state index contributed by atoms with van der Waals surface area (Å²) in [4.78, 5) is 23.8. The van der Waals surface area contributed by atoms with Crippen LogP contribution in [0.15, 0.2) is 42.7 Å². The van der Waals surface area contributed by atoms with Gasteiger partial charge < -0.3 is 15.4 Å². The maximum absolute atomic E-state index is 11.9. The topological polar surface area (TPSA) is 85.2 Å². The molecule has 7 heteroatoms. The molecule has 2 amide bonds. The maximum atomic E-state index is 11.9. The molecular weight excluding hydrogens is 284 g/mol. The van der Waals surface area contributed by atoms with Crippen molar-refractivity contribution in [1.29, 1.82) is 0 Å². The van der Waals surface area contributed by atoms with Gasteiger partial charge in [-0.05, 0) is 18.2 Å². The lowest BCUT2D eigenvalue weighted by Crippen LogP contribution is -2.41. The summed E-state index contributed by atoms with van der Waals surface area (Å²) in [7, 11) is 0. The predicted octanol–water partition coefficient (Wildman–Crippen LogP) is 0.789. The van der Waals surface area contributed by atoms with Crippen molar-refractivity contribution in [1.82, 2.24) is 15.1 Å². The summed E-state index contributed by atoms with van der Waals surface area (Å²) in [6.45, 7) is 1.03. The number of aromatic nitrogens is 2. The zero-order valence-corrected chi connectivity index (χ0v) is 11.9. The number of nitrogens with zero attached hydrogens (tertiary/aromatic N) is 2. The molecule has 1 aliphatic rings. The fourth-order valence-electron chi connectivity index (χ4n) is 2.21. The highest BCUT2D eigenvalue weighted by atomic mass is 16.5. The number of anilines is 1. The van der Waals surface area contributed by atoms with Gasteiger partial charge in [-0.1, -0.05) is 12.1 Å². The lowest BCUT2D eigenvalue weighted by molar-refractivity contribution is -0.130. The van der Waals surface area contributed by atoms with E-state index in [-0.39, 0.29) is 18.2 Å². The highest BCUT2D eigenvalue weighted by molar-refractivity contribution is 5.99. The van der Waals surface area contributed by atoms with Crippen LogP contribution in [0, 0.1) is 0 Å². The number of benzene rings is 1. The van der Waals surface area contributed by atoms with E-state index in [1.165, 1.54) is 0 Å². The first-order valence-corrected chi connectivity index (χ1v) is 7.03. The highest BCUT2D eigenvalue weighted by Crippen LogP contribution is 2.29. The van der Waals surface area contributed by atoms with Crippen LogP contribution in [0.25, 0.3) is 0 Å². The van der Waals surface area contributed by atoms with E-state index >= 15 is 0 Å². The Bertz CT molecular complexity index is 669. The van der Waals surface area contributed by atoms with E-state index in [2.05, 4.69) is 15.7 Å². The van der Waals surface area contributed by atoms with E-state index in [1.807, 2.05) is 24.4 Å². The third kappa shape index (κ3) is 3.25. The Morgan fingerprint density at radius 1 is 1.36 bits per heavy atom. The Morgan fingerprint density at radius 3 is 3.05 bits per heavy atom. The smallest absolute Gasteiger partial charge is 0.266 e. The molecule has 1 aromatic carbocycles. The minimum Gasteiger partial charge on any atom is -0.478 e. The monoisotopic (exact) mass is 300 g/mol. The maximum Gasteiger partial charge on any atom is 0.266 e. The molecule has 1 aliphatic heterocycles. The van der Waals surface area contributed by atoms with Crippen molar-refractivity contribution in [2.45, 2.75) is 19.1 Å². The highest BCUT2D eigenvalue weighted by Gasteiger charge is 2.29. The molecule has 2 N–H and O–H groups in total. The lowest BCUT2D eigenvalue weighted by atomic mass is 10.1. The molecule has 0 radical (unpaired) electrons. The number of ether oxygens (including phenoxy) is 1. The standard InChI is InChI=1S/C15H16N4O3/c20-14(16-7-9-19-8-3-6-17-19)10-13-15(21)18-11-4-1-2-5-12(11)22-13/h1-6,8,13H,7,9-10H2,(H,16,20)(H,18,21). The SMILES string of the molecule is O=C(CC1Oc2ccccc2NC1=O)NCCn1cccn1. The second-order valence-electron chi connectivity index (χ2n) is 4.92. The Labute approximate surface area is 127 Å². The number of carbonyl (C=O) groups is 2. The van der Waals surface area contributed by atoms with Crippen molar-refractivity contribution in [2.24, 2.45) is 0 Å². The van der Waals surface area contributed by atoms with Crippen LogP contribution in [0.2, 0.25) is 0 Å². The van der Waals surface area contributed by atoms with Gasteiger partial charge in [-0.25, -0.2) is 0 Å². The van der Waals surface area contributed by atoms with Gasteiger partial charge in [0, 0.05) is 18.9 Å². The molecule has 1 aromatic heterocycles. The summed E-state index contributed by atoms with van der Waals surface area (Å²) in [5.41, 5.74) is 0.628. The Morgan fingerprint density at radius 2 is 2.23 bits per heavy atom. The number of fused-ring (bicyclic) bond motifs is 1. The number of amides is 2. The molecule has 7 nitrogen and oxygen atoms in total. The zero-order chi connectivity index (χ0) is 15.4. The lowest BCUT2D eigenvalue weighted by Gasteiger charge is -2.25. The van der Waals surface area contributed by atoms with Crippen molar-refractivity contribution in [3.05, 3.63) is 42.7 Å². The first-order valence-electron chi connectivity index (χ1n) is 7.03. The van der Waals surface area contributed by atoms with Gasteiger partial charge in [0.15, 0.2) is 6.10 Å². The molecule has 0 saturated carbocycles. The van der Waals surface area contributed by atoms with E-state index in [0.29, 0.717) is 24.5 Å². The number of hydrogen-bond donors (Lipinski definition) is 2. The second-order valence-corrected chi connectivity index (χ2v) is 4.92. The average Bonchev–Trinajstić information content (AvgIpc) is 3.01. The van der Waals surface area contributed by atoms with Crippen LogP contribution in [0.5, 0.6) is 5.75 Å². The van der Waals surface area contributed by atoms with Crippen LogP contribution in [-0.4, -0.2) is 34.2 Å². The van der Waals surface area contributed by atoms with Crippen LogP contribution < -0.4 is 15.4 Å². The molecule has 2 aromatic rings. The van der Waals surface area contributed by atoms with Crippen molar-refractivity contribution >= 4 is 17.5 Å². The van der Waals surface area contributed by atoms with Gasteiger partial charge in [-0.15, -0.1) is 0 Å². The van der Waals surface area contributed by atoms with Crippen molar-refractivity contribution in [3.63, 3.8) is 0 Å². The Hall–Kier alpha value is -2.83. The van der Waals surface area contributed by atoms with Crippen LogP contribution in [-0.2, 0) is 16.1 Å². The van der Waals surface area contributed by atoms with Crippen molar-refractivity contribution in [2.75, 3.05) is 11.9 Å². The molecule has 0 spiro atoms. The van der Waals surface area contributed by atoms with Gasteiger partial charge in [-0.2, -0.15) is 5.10 Å². The average molecular weight is 300 g/mol. The number of rotatable bonds is 5. The van der Waals surface area contributed by atoms with Crippen LogP contribution in [0.1, 0.15) is 6.42 Å². The minimum absolute atomic E-state index is 0.0146. The first-order chi connectivity index (χ1) is 10.7. The third-order valence-electron chi connectivity index (χ3n) is 3.30. The van der Waals surface area contributed by atoms with Crippen LogP contribution >= 0.6 is 0 Å². The number of nitrogens with one attached hydrogen (secondary N) is 2. The predicted molar refractivity (Wildman–Crippen MR) is 79.3 cm³/mol. The quantitative estimate of drug-likeness (QED) is 0.855. The molecule has 3 rings (SSSR count). The molecule has 2 heterocycles. The molecular formula is C15H16N4O3. The zero-order valence-electron chi connectivity index (χ0n) is 11.9. The van der Waals surface area contributed by atoms with Gasteiger partial charge in [-0.3, -0.25) is 14.3 Å². The summed E-state index contributed by atoms with van der Waals surface area (Å²) in [6.07, 6.45) is 2.68. The summed E-state index contributed by atoms with van der Waals surface area (Å²) in [5.74, 6) is 0.0454. The molecule has 114 valence electrons. The molecule has 0 saturated heterocycles. The van der Waals surface area contributed by atoms with E-state index in [1.54, 1.807) is 23.0 Å². The normalized spacial score (nSPS) is 16.4. The van der Waals surface area contributed by atoms with Crippen molar-refractivity contribution in [3.8, 4) is 5.75 Å². The summed E-state index contributed by atoms with van der Waals surface area (Å²) >= 11 is 0. The molecule has 0 bridgehead atoms. The van der Waals surface area contributed by atoms with E-state index in [4.69, 9.17) is 4.74 Å².